The first-order valence-electron chi connectivity index (χ1n) is 8.47. The monoisotopic (exact) mass is 399 g/mol. The average molecular weight is 400 g/mol. The normalized spacial score (nSPS) is 14.9. The lowest BCUT2D eigenvalue weighted by Crippen LogP contribution is -2.36. The molecule has 0 radical (unpaired) electrons. The summed E-state index contributed by atoms with van der Waals surface area (Å²) in [6.45, 7) is 5.51. The Hall–Kier alpha value is -1.77. The molecule has 0 N–H and O–H groups in total. The van der Waals surface area contributed by atoms with Crippen molar-refractivity contribution in [1.29, 1.82) is 0 Å². The Morgan fingerprint density at radius 1 is 1.15 bits per heavy atom. The molecule has 0 saturated carbocycles. The summed E-state index contributed by atoms with van der Waals surface area (Å²) in [6.07, 6.45) is 2.03. The van der Waals surface area contributed by atoms with E-state index in [0.717, 1.165) is 11.1 Å². The van der Waals surface area contributed by atoms with Gasteiger partial charge in [0.05, 0.1) is 13.2 Å². The lowest BCUT2D eigenvalue weighted by molar-refractivity contribution is 0.285. The fourth-order valence-electron chi connectivity index (χ4n) is 2.95. The van der Waals surface area contributed by atoms with Crippen LogP contribution >= 0.6 is 11.6 Å². The molecule has 3 rings (SSSR count). The number of hydrogen-bond acceptors (Lipinski definition) is 5. The summed E-state index contributed by atoms with van der Waals surface area (Å²) < 4.78 is 40.0. The number of aromatic nitrogens is 2. The second-order valence-corrected chi connectivity index (χ2v) is 8.20. The quantitative estimate of drug-likeness (QED) is 0.746. The molecule has 0 spiro atoms. The van der Waals surface area contributed by atoms with Crippen LogP contribution in [0.4, 0.5) is 0 Å². The van der Waals surface area contributed by atoms with Gasteiger partial charge >= 0.3 is 0 Å². The Morgan fingerprint density at radius 3 is 2.31 bits per heavy atom. The van der Waals surface area contributed by atoms with Gasteiger partial charge in [-0.3, -0.25) is 0 Å². The van der Waals surface area contributed by atoms with E-state index in [1.165, 1.54) is 15.1 Å². The molecule has 26 heavy (non-hydrogen) atoms. The summed E-state index contributed by atoms with van der Waals surface area (Å²) >= 11 is 5.90. The number of rotatable bonds is 6. The number of imidazole rings is 1. The van der Waals surface area contributed by atoms with Gasteiger partial charge in [-0.05, 0) is 55.1 Å². The van der Waals surface area contributed by atoms with E-state index in [-0.39, 0.29) is 16.9 Å². The van der Waals surface area contributed by atoms with Gasteiger partial charge in [0.2, 0.25) is 5.28 Å². The molecule has 0 bridgehead atoms. The largest absolute Gasteiger partial charge is 0.490 e. The lowest BCUT2D eigenvalue weighted by atomic mass is 10.0. The van der Waals surface area contributed by atoms with Gasteiger partial charge in [-0.2, -0.15) is 4.31 Å². The van der Waals surface area contributed by atoms with E-state index in [9.17, 15) is 8.42 Å². The lowest BCUT2D eigenvalue weighted by Gasteiger charge is -2.28. The van der Waals surface area contributed by atoms with Gasteiger partial charge in [-0.15, -0.1) is 0 Å². The number of benzene rings is 1. The van der Waals surface area contributed by atoms with Crippen molar-refractivity contribution in [3.8, 4) is 11.5 Å². The predicted molar refractivity (Wildman–Crippen MR) is 98.3 cm³/mol. The third kappa shape index (κ3) is 3.54. The summed E-state index contributed by atoms with van der Waals surface area (Å²) in [5.41, 5.74) is 1.98. The minimum atomic E-state index is -3.71. The SMILES string of the molecule is CCOc1cc2c(cc1OCC)CN(S(=O)(=O)c1cn(C)c(Cl)n1)CC2. The van der Waals surface area contributed by atoms with Crippen molar-refractivity contribution in [2.45, 2.75) is 31.8 Å². The summed E-state index contributed by atoms with van der Waals surface area (Å²) in [6, 6.07) is 3.82. The number of aryl methyl sites for hydroxylation is 1. The molecule has 7 nitrogen and oxygen atoms in total. The highest BCUT2D eigenvalue weighted by atomic mass is 35.5. The Balaban J connectivity index is 1.92. The van der Waals surface area contributed by atoms with Gasteiger partial charge in [0.25, 0.3) is 10.0 Å². The highest BCUT2D eigenvalue weighted by Gasteiger charge is 2.31. The zero-order valence-corrected chi connectivity index (χ0v) is 16.6. The third-order valence-corrected chi connectivity index (χ3v) is 6.31. The molecule has 2 heterocycles. The molecule has 1 aromatic heterocycles. The summed E-state index contributed by atoms with van der Waals surface area (Å²) in [4.78, 5) is 3.95. The van der Waals surface area contributed by atoms with Crippen molar-refractivity contribution >= 4 is 21.6 Å². The first-order valence-corrected chi connectivity index (χ1v) is 10.3. The topological polar surface area (TPSA) is 73.7 Å². The number of nitrogens with zero attached hydrogens (tertiary/aromatic N) is 3. The molecule has 1 aliphatic heterocycles. The minimum Gasteiger partial charge on any atom is -0.490 e. The maximum Gasteiger partial charge on any atom is 0.262 e. The molecule has 0 amide bonds. The van der Waals surface area contributed by atoms with Crippen molar-refractivity contribution in [1.82, 2.24) is 13.9 Å². The van der Waals surface area contributed by atoms with Gasteiger partial charge in [0.1, 0.15) is 0 Å². The van der Waals surface area contributed by atoms with Crippen LogP contribution in [0.15, 0.2) is 23.4 Å². The summed E-state index contributed by atoms with van der Waals surface area (Å²) in [5, 5.41) is 0.102. The van der Waals surface area contributed by atoms with E-state index in [1.807, 2.05) is 26.0 Å². The van der Waals surface area contributed by atoms with Crippen molar-refractivity contribution < 1.29 is 17.9 Å². The second kappa shape index (κ2) is 7.46. The number of ether oxygens (including phenoxy) is 2. The Labute approximate surface area is 158 Å². The van der Waals surface area contributed by atoms with Crippen LogP contribution in [-0.4, -0.2) is 42.0 Å². The van der Waals surface area contributed by atoms with Crippen molar-refractivity contribution in [3.05, 3.63) is 34.7 Å². The Morgan fingerprint density at radius 2 is 1.77 bits per heavy atom. The van der Waals surface area contributed by atoms with Crippen LogP contribution in [0, 0.1) is 0 Å². The predicted octanol–water partition coefficient (Wildman–Crippen LogP) is 2.62. The number of fused-ring (bicyclic) bond motifs is 1. The smallest absolute Gasteiger partial charge is 0.262 e. The molecular weight excluding hydrogens is 378 g/mol. The van der Waals surface area contributed by atoms with E-state index in [0.29, 0.717) is 37.7 Å². The molecule has 0 fully saturated rings. The van der Waals surface area contributed by atoms with E-state index >= 15 is 0 Å². The van der Waals surface area contributed by atoms with Crippen LogP contribution in [0.3, 0.4) is 0 Å². The van der Waals surface area contributed by atoms with Gasteiger partial charge in [-0.1, -0.05) is 0 Å². The van der Waals surface area contributed by atoms with Crippen LogP contribution in [0.1, 0.15) is 25.0 Å². The molecule has 9 heteroatoms. The maximum atomic E-state index is 12.9. The number of hydrogen-bond donors (Lipinski definition) is 0. The van der Waals surface area contributed by atoms with Crippen molar-refractivity contribution in [3.63, 3.8) is 0 Å². The fourth-order valence-corrected chi connectivity index (χ4v) is 4.54. The first-order chi connectivity index (χ1) is 12.4. The molecule has 1 aromatic carbocycles. The standard InChI is InChI=1S/C17H22ClN3O4S/c1-4-24-14-8-12-6-7-21(10-13(12)9-15(14)25-5-2)26(22,23)16-11-20(3)17(18)19-16/h8-9,11H,4-7,10H2,1-3H3. The van der Waals surface area contributed by atoms with Gasteiger partial charge < -0.3 is 14.0 Å². The van der Waals surface area contributed by atoms with E-state index in [4.69, 9.17) is 21.1 Å². The molecule has 1 aliphatic rings. The van der Waals surface area contributed by atoms with Gasteiger partial charge in [0.15, 0.2) is 16.5 Å². The second-order valence-electron chi connectivity index (χ2n) is 5.98. The average Bonchev–Trinajstić information content (AvgIpc) is 2.95. The van der Waals surface area contributed by atoms with Gasteiger partial charge in [0, 0.05) is 26.3 Å². The van der Waals surface area contributed by atoms with Crippen LogP contribution in [-0.2, 0) is 30.0 Å². The third-order valence-electron chi connectivity index (χ3n) is 4.24. The van der Waals surface area contributed by atoms with E-state index < -0.39 is 10.0 Å². The summed E-state index contributed by atoms with van der Waals surface area (Å²) in [7, 11) is -2.05. The zero-order valence-electron chi connectivity index (χ0n) is 15.0. The van der Waals surface area contributed by atoms with Crippen LogP contribution in [0.25, 0.3) is 0 Å². The van der Waals surface area contributed by atoms with Crippen molar-refractivity contribution in [2.75, 3.05) is 19.8 Å². The highest BCUT2D eigenvalue weighted by Crippen LogP contribution is 2.35. The summed E-state index contributed by atoms with van der Waals surface area (Å²) in [5.74, 6) is 1.33. The Bertz CT molecular complexity index is 891. The van der Waals surface area contributed by atoms with Gasteiger partial charge in [-0.25, -0.2) is 13.4 Å². The number of sulfonamides is 1. The zero-order chi connectivity index (χ0) is 18.9. The van der Waals surface area contributed by atoms with Crippen LogP contribution < -0.4 is 9.47 Å². The molecule has 0 saturated heterocycles. The van der Waals surface area contributed by atoms with Crippen LogP contribution in [0.2, 0.25) is 5.28 Å². The molecule has 2 aromatic rings. The first kappa shape index (κ1) is 19.0. The van der Waals surface area contributed by atoms with E-state index in [1.54, 1.807) is 7.05 Å². The van der Waals surface area contributed by atoms with Crippen molar-refractivity contribution in [2.24, 2.45) is 7.05 Å². The fraction of sp³-hybridized carbons (Fsp3) is 0.471. The molecular formula is C17H22ClN3O4S. The highest BCUT2D eigenvalue weighted by molar-refractivity contribution is 7.89. The maximum absolute atomic E-state index is 12.9. The molecule has 0 aliphatic carbocycles. The Kier molecular flexibility index (Phi) is 5.45. The molecule has 142 valence electrons. The molecule has 0 atom stereocenters. The van der Waals surface area contributed by atoms with E-state index in [2.05, 4.69) is 4.98 Å². The number of halogens is 1. The van der Waals surface area contributed by atoms with Crippen LogP contribution in [0.5, 0.6) is 11.5 Å². The minimum absolute atomic E-state index is 0.0376. The molecule has 0 unspecified atom stereocenters.